The van der Waals surface area contributed by atoms with E-state index in [4.69, 9.17) is 5.26 Å². The first-order valence-electron chi connectivity index (χ1n) is 7.88. The van der Waals surface area contributed by atoms with Gasteiger partial charge in [-0.05, 0) is 31.0 Å². The zero-order chi connectivity index (χ0) is 17.3. The second kappa shape index (κ2) is 6.49. The van der Waals surface area contributed by atoms with Crippen molar-refractivity contribution in [2.45, 2.75) is 43.5 Å². The number of piperazine rings is 1. The number of fused-ring (bicyclic) bond motifs is 1. The predicted octanol–water partition coefficient (Wildman–Crippen LogP) is 1.27. The quantitative estimate of drug-likeness (QED) is 0.888. The summed E-state index contributed by atoms with van der Waals surface area (Å²) in [6, 6.07) is 5.06. The molecule has 1 saturated heterocycles. The number of nitriles is 1. The summed E-state index contributed by atoms with van der Waals surface area (Å²) in [6.45, 7) is -0.233. The summed E-state index contributed by atoms with van der Waals surface area (Å²) >= 11 is 0. The number of hydrogen-bond acceptors (Lipinski definition) is 4. The minimum Gasteiger partial charge on any atom is -0.351 e. The lowest BCUT2D eigenvalue weighted by molar-refractivity contribution is -0.125. The van der Waals surface area contributed by atoms with E-state index < -0.39 is 21.6 Å². The van der Waals surface area contributed by atoms with Crippen molar-refractivity contribution in [3.63, 3.8) is 0 Å². The zero-order valence-corrected chi connectivity index (χ0v) is 13.9. The van der Waals surface area contributed by atoms with Gasteiger partial charge in [-0.2, -0.15) is 9.57 Å². The minimum atomic E-state index is -3.86. The van der Waals surface area contributed by atoms with Crippen LogP contribution in [0.25, 0.3) is 0 Å². The Morgan fingerprint density at radius 2 is 2.08 bits per heavy atom. The average Bonchev–Trinajstić information content (AvgIpc) is 2.55. The van der Waals surface area contributed by atoms with Crippen LogP contribution in [0.5, 0.6) is 0 Å². The maximum absolute atomic E-state index is 13.9. The van der Waals surface area contributed by atoms with Crippen molar-refractivity contribution in [2.75, 3.05) is 6.54 Å². The van der Waals surface area contributed by atoms with Gasteiger partial charge in [-0.1, -0.05) is 12.8 Å². The highest BCUT2D eigenvalue weighted by Crippen LogP contribution is 2.29. The van der Waals surface area contributed by atoms with Gasteiger partial charge in [0, 0.05) is 17.6 Å². The Balaban J connectivity index is 1.89. The zero-order valence-electron chi connectivity index (χ0n) is 13.0. The van der Waals surface area contributed by atoms with Crippen LogP contribution in [0.4, 0.5) is 4.39 Å². The fraction of sp³-hybridized carbons (Fsp3) is 0.500. The number of halogens is 1. The van der Waals surface area contributed by atoms with Crippen LogP contribution >= 0.6 is 0 Å². The molecule has 1 aromatic rings. The molecule has 0 spiro atoms. The Bertz CT molecular complexity index is 803. The van der Waals surface area contributed by atoms with Crippen molar-refractivity contribution < 1.29 is 17.6 Å². The Morgan fingerprint density at radius 3 is 2.83 bits per heavy atom. The first-order chi connectivity index (χ1) is 11.4. The molecule has 6 nitrogen and oxygen atoms in total. The van der Waals surface area contributed by atoms with E-state index in [1.807, 2.05) is 6.07 Å². The molecular weight excluding hydrogens is 333 g/mol. The van der Waals surface area contributed by atoms with Gasteiger partial charge >= 0.3 is 0 Å². The smallest absolute Gasteiger partial charge is 0.235 e. The van der Waals surface area contributed by atoms with Crippen molar-refractivity contribution in [1.29, 1.82) is 5.26 Å². The number of hydrogen-bond donors (Lipinski definition) is 1. The Hall–Kier alpha value is -1.98. The summed E-state index contributed by atoms with van der Waals surface area (Å²) in [6.07, 6.45) is 3.29. The molecule has 128 valence electrons. The van der Waals surface area contributed by atoms with Gasteiger partial charge in [0.15, 0.2) is 0 Å². The number of carbonyl (C=O) groups excluding carboxylic acids is 1. The molecule has 0 radical (unpaired) electrons. The SMILES string of the molecule is N#Cc1ccc(F)c(CS(=O)(=O)N2CC(=O)NC3CCCCC32)c1. The third-order valence-corrected chi connectivity index (χ3v) is 6.41. The second-order valence-corrected chi connectivity index (χ2v) is 8.17. The third kappa shape index (κ3) is 3.28. The highest BCUT2D eigenvalue weighted by molar-refractivity contribution is 7.88. The highest BCUT2D eigenvalue weighted by atomic mass is 32.2. The molecule has 2 atom stereocenters. The lowest BCUT2D eigenvalue weighted by Crippen LogP contribution is -2.62. The van der Waals surface area contributed by atoms with E-state index in [1.165, 1.54) is 16.4 Å². The summed E-state index contributed by atoms with van der Waals surface area (Å²) in [5.74, 6) is -1.54. The molecule has 2 aliphatic rings. The number of nitrogens with zero attached hydrogens (tertiary/aromatic N) is 2. The van der Waals surface area contributed by atoms with Gasteiger partial charge in [0.1, 0.15) is 5.82 Å². The highest BCUT2D eigenvalue weighted by Gasteiger charge is 2.42. The molecule has 1 amide bonds. The van der Waals surface area contributed by atoms with Gasteiger partial charge in [-0.25, -0.2) is 12.8 Å². The summed E-state index contributed by atoms with van der Waals surface area (Å²) in [4.78, 5) is 11.9. The van der Waals surface area contributed by atoms with Crippen molar-refractivity contribution >= 4 is 15.9 Å². The molecule has 2 fully saturated rings. The van der Waals surface area contributed by atoms with Crippen LogP contribution in [-0.2, 0) is 20.6 Å². The van der Waals surface area contributed by atoms with E-state index in [1.54, 1.807) is 0 Å². The Labute approximate surface area is 140 Å². The standard InChI is InChI=1S/C16H18FN3O3S/c17-13-6-5-11(8-18)7-12(13)10-24(22,23)20-9-16(21)19-14-3-1-2-4-15(14)20/h5-7,14-15H,1-4,9-10H2,(H,19,21). The molecule has 24 heavy (non-hydrogen) atoms. The summed E-state index contributed by atoms with van der Waals surface area (Å²) in [7, 11) is -3.86. The van der Waals surface area contributed by atoms with Crippen LogP contribution in [0.1, 0.15) is 36.8 Å². The third-order valence-electron chi connectivity index (χ3n) is 4.62. The van der Waals surface area contributed by atoms with Gasteiger partial charge in [-0.15, -0.1) is 0 Å². The van der Waals surface area contributed by atoms with Crippen molar-refractivity contribution in [1.82, 2.24) is 9.62 Å². The number of carbonyl (C=O) groups is 1. The summed E-state index contributed by atoms with van der Waals surface area (Å²) < 4.78 is 40.8. The topological polar surface area (TPSA) is 90.3 Å². The van der Waals surface area contributed by atoms with Gasteiger partial charge < -0.3 is 5.32 Å². The number of nitrogens with one attached hydrogen (secondary N) is 1. The van der Waals surface area contributed by atoms with Crippen LogP contribution in [-0.4, -0.2) is 37.3 Å². The average molecular weight is 351 g/mol. The molecule has 1 aliphatic heterocycles. The molecule has 1 N–H and O–H groups in total. The molecule has 1 aliphatic carbocycles. The molecule has 2 unspecified atom stereocenters. The van der Waals surface area contributed by atoms with Crippen LogP contribution in [0, 0.1) is 17.1 Å². The monoisotopic (exact) mass is 351 g/mol. The summed E-state index contributed by atoms with van der Waals surface area (Å²) in [5.41, 5.74) is 0.154. The number of sulfonamides is 1. The van der Waals surface area contributed by atoms with Gasteiger partial charge in [0.2, 0.25) is 15.9 Å². The molecule has 1 aromatic carbocycles. The van der Waals surface area contributed by atoms with E-state index >= 15 is 0 Å². The first kappa shape index (κ1) is 16.9. The molecule has 1 heterocycles. The van der Waals surface area contributed by atoms with E-state index in [0.717, 1.165) is 25.3 Å². The maximum Gasteiger partial charge on any atom is 0.235 e. The lowest BCUT2D eigenvalue weighted by Gasteiger charge is -2.43. The normalized spacial score (nSPS) is 24.8. The first-order valence-corrected chi connectivity index (χ1v) is 9.49. The molecular formula is C16H18FN3O3S. The Morgan fingerprint density at radius 1 is 1.33 bits per heavy atom. The van der Waals surface area contributed by atoms with Crippen LogP contribution in [0.3, 0.4) is 0 Å². The van der Waals surface area contributed by atoms with Gasteiger partial charge in [-0.3, -0.25) is 4.79 Å². The number of benzene rings is 1. The van der Waals surface area contributed by atoms with Crippen LogP contribution in [0.15, 0.2) is 18.2 Å². The lowest BCUT2D eigenvalue weighted by atomic mass is 9.89. The van der Waals surface area contributed by atoms with Gasteiger partial charge in [0.05, 0.1) is 23.9 Å². The number of rotatable bonds is 3. The van der Waals surface area contributed by atoms with E-state index in [9.17, 15) is 17.6 Å². The molecule has 3 rings (SSSR count). The van der Waals surface area contributed by atoms with Gasteiger partial charge in [0.25, 0.3) is 0 Å². The van der Waals surface area contributed by atoms with E-state index in [-0.39, 0.29) is 35.7 Å². The van der Waals surface area contributed by atoms with Crippen LogP contribution in [0.2, 0.25) is 0 Å². The molecule has 0 bridgehead atoms. The Kier molecular flexibility index (Phi) is 4.56. The fourth-order valence-electron chi connectivity index (χ4n) is 3.47. The summed E-state index contributed by atoms with van der Waals surface area (Å²) in [5, 5.41) is 11.8. The van der Waals surface area contributed by atoms with Crippen LogP contribution < -0.4 is 5.32 Å². The maximum atomic E-state index is 13.9. The molecule has 0 aromatic heterocycles. The second-order valence-electron chi connectivity index (χ2n) is 6.25. The minimum absolute atomic E-state index is 0.0487. The largest absolute Gasteiger partial charge is 0.351 e. The van der Waals surface area contributed by atoms with Crippen molar-refractivity contribution in [3.05, 3.63) is 35.1 Å². The number of amides is 1. The molecule has 1 saturated carbocycles. The molecule has 8 heteroatoms. The van der Waals surface area contributed by atoms with Crippen molar-refractivity contribution in [3.8, 4) is 6.07 Å². The van der Waals surface area contributed by atoms with E-state index in [0.29, 0.717) is 6.42 Å². The fourth-order valence-corrected chi connectivity index (χ4v) is 5.23. The predicted molar refractivity (Wildman–Crippen MR) is 84.6 cm³/mol. The van der Waals surface area contributed by atoms with E-state index in [2.05, 4.69) is 5.32 Å². The van der Waals surface area contributed by atoms with Crippen molar-refractivity contribution in [2.24, 2.45) is 0 Å².